The number of fused-ring (bicyclic) bond motifs is 2. The van der Waals surface area contributed by atoms with Crippen LogP contribution in [0.3, 0.4) is 0 Å². The molecule has 4 heterocycles. The molecule has 0 amide bonds. The molecule has 4 aliphatic rings. The second-order valence-corrected chi connectivity index (χ2v) is 16.4. The zero-order valence-corrected chi connectivity index (χ0v) is 37.7. The first-order chi connectivity index (χ1) is 31.1. The Hall–Kier alpha value is -7.25. The van der Waals surface area contributed by atoms with Crippen molar-refractivity contribution < 1.29 is 29.2 Å². The predicted octanol–water partition coefficient (Wildman–Crippen LogP) is 10.2. The first-order valence-corrected chi connectivity index (χ1v) is 21.5. The summed E-state index contributed by atoms with van der Waals surface area (Å²) in [7, 11) is 4.10. The quantitative estimate of drug-likeness (QED) is 0.131. The number of hydrogen-bond acceptors (Lipinski definition) is 2. The maximum Gasteiger partial charge on any atom is 0.242 e. The van der Waals surface area contributed by atoms with E-state index in [1.54, 1.807) is 12.4 Å². The van der Waals surface area contributed by atoms with Crippen molar-refractivity contribution in [2.75, 3.05) is 0 Å². The fourth-order valence-electron chi connectivity index (χ4n) is 9.85. The Morgan fingerprint density at radius 1 is 0.578 bits per heavy atom. The minimum Gasteiger partial charge on any atom is -0.574 e. The van der Waals surface area contributed by atoms with E-state index in [0.717, 1.165) is 59.5 Å². The van der Waals surface area contributed by atoms with Crippen LogP contribution in [-0.2, 0) is 47.0 Å². The number of pyridine rings is 1. The third-order valence-corrected chi connectivity index (χ3v) is 12.8. The van der Waals surface area contributed by atoms with Gasteiger partial charge in [0.15, 0.2) is 0 Å². The van der Waals surface area contributed by atoms with Crippen molar-refractivity contribution in [2.24, 2.45) is 14.1 Å². The van der Waals surface area contributed by atoms with Crippen LogP contribution in [0.2, 0.25) is 0 Å². The summed E-state index contributed by atoms with van der Waals surface area (Å²) in [6.45, 7) is 0. The second-order valence-electron chi connectivity index (χ2n) is 16.4. The molecule has 0 bridgehead atoms. The summed E-state index contributed by atoms with van der Waals surface area (Å²) in [5, 5.41) is 12.9. The fraction of sp³-hybridized carbons (Fsp3) is 0.107. The van der Waals surface area contributed by atoms with Crippen LogP contribution >= 0.6 is 0 Å². The van der Waals surface area contributed by atoms with Gasteiger partial charge in [-0.2, -0.15) is 24.3 Å². The van der Waals surface area contributed by atoms with E-state index in [-0.39, 0.29) is 20.1 Å². The van der Waals surface area contributed by atoms with E-state index in [0.29, 0.717) is 0 Å². The molecule has 0 spiro atoms. The number of benzene rings is 6. The van der Waals surface area contributed by atoms with E-state index >= 15 is 0 Å². The summed E-state index contributed by atoms with van der Waals surface area (Å²) >= 11 is 0. The predicted molar refractivity (Wildman–Crippen MR) is 251 cm³/mol. The van der Waals surface area contributed by atoms with Gasteiger partial charge in [0, 0.05) is 38.2 Å². The largest absolute Gasteiger partial charge is 0.574 e. The van der Waals surface area contributed by atoms with Crippen LogP contribution in [0.1, 0.15) is 46.2 Å². The number of rotatable bonds is 3. The monoisotopic (exact) mass is 1000 g/mol. The van der Waals surface area contributed by atoms with Crippen LogP contribution in [0, 0.1) is 24.8 Å². The first-order valence-electron chi connectivity index (χ1n) is 21.5. The van der Waals surface area contributed by atoms with Crippen LogP contribution in [0.5, 0.6) is 0 Å². The van der Waals surface area contributed by atoms with Crippen LogP contribution in [0.25, 0.3) is 89.7 Å². The Morgan fingerprint density at radius 2 is 1.11 bits per heavy atom. The maximum atomic E-state index is 4.12. The van der Waals surface area contributed by atoms with Crippen molar-refractivity contribution in [3.8, 4) is 22.8 Å². The molecule has 10 aromatic rings. The fourth-order valence-corrected chi connectivity index (χ4v) is 9.85. The molecule has 1 radical (unpaired) electrons. The number of allylic oxidation sites excluding steroid dienone is 6. The second kappa shape index (κ2) is 16.1. The van der Waals surface area contributed by atoms with Gasteiger partial charge in [-0.15, -0.1) is 44.8 Å². The molecule has 0 aliphatic heterocycles. The third-order valence-electron chi connectivity index (χ3n) is 12.8. The van der Waals surface area contributed by atoms with Crippen molar-refractivity contribution in [2.45, 2.75) is 25.7 Å². The minimum atomic E-state index is 0. The van der Waals surface area contributed by atoms with Crippen molar-refractivity contribution in [1.29, 1.82) is 0 Å². The Kier molecular flexibility index (Phi) is 9.98. The van der Waals surface area contributed by atoms with Gasteiger partial charge >= 0.3 is 0 Å². The van der Waals surface area contributed by atoms with Crippen LogP contribution < -0.4 is 14.2 Å². The van der Waals surface area contributed by atoms with Crippen LogP contribution in [0.4, 0.5) is 0 Å². The zero-order valence-electron chi connectivity index (χ0n) is 35.3. The number of nitrogens with zero attached hydrogens (tertiary/aromatic N) is 7. The first kappa shape index (κ1) is 39.6. The summed E-state index contributed by atoms with van der Waals surface area (Å²) in [5.74, 6) is 0. The maximum absolute atomic E-state index is 4.12. The smallest absolute Gasteiger partial charge is 0.242 e. The summed E-state index contributed by atoms with van der Waals surface area (Å²) in [4.78, 5) is 4.12. The van der Waals surface area contributed by atoms with Gasteiger partial charge < -0.3 is 28.5 Å². The molecule has 4 aromatic heterocycles. The van der Waals surface area contributed by atoms with Crippen molar-refractivity contribution in [1.82, 2.24) is 24.3 Å². The molecule has 6 aromatic carbocycles. The molecule has 0 saturated carbocycles. The number of para-hydroxylation sites is 4. The van der Waals surface area contributed by atoms with E-state index in [9.17, 15) is 0 Å². The van der Waals surface area contributed by atoms with Crippen LogP contribution in [0.15, 0.2) is 146 Å². The van der Waals surface area contributed by atoms with Gasteiger partial charge in [-0.1, -0.05) is 139 Å². The normalized spacial score (nSPS) is 13.8. The van der Waals surface area contributed by atoms with Gasteiger partial charge in [0.2, 0.25) is 12.7 Å². The Morgan fingerprint density at radius 3 is 1.61 bits per heavy atom. The molecule has 4 aliphatic carbocycles. The number of aromatic nitrogens is 7. The van der Waals surface area contributed by atoms with E-state index in [2.05, 4.69) is 180 Å². The van der Waals surface area contributed by atoms with E-state index in [1.807, 2.05) is 38.4 Å². The average molecular weight is 1000 g/mol. The van der Waals surface area contributed by atoms with Crippen molar-refractivity contribution in [3.63, 3.8) is 0 Å². The van der Waals surface area contributed by atoms with E-state index in [4.69, 9.17) is 0 Å². The summed E-state index contributed by atoms with van der Waals surface area (Å²) in [6, 6.07) is 44.9. The summed E-state index contributed by atoms with van der Waals surface area (Å²) in [6.07, 6.45) is 28.2. The molecule has 14 rings (SSSR count). The van der Waals surface area contributed by atoms with Gasteiger partial charge in [0.1, 0.15) is 0 Å². The molecule has 0 unspecified atom stereocenters. The van der Waals surface area contributed by atoms with E-state index in [1.165, 1.54) is 77.1 Å². The molecule has 64 heavy (non-hydrogen) atoms. The summed E-state index contributed by atoms with van der Waals surface area (Å²) < 4.78 is 8.41. The van der Waals surface area contributed by atoms with Gasteiger partial charge in [0.25, 0.3) is 0 Å². The van der Waals surface area contributed by atoms with Gasteiger partial charge in [-0.05, 0) is 58.4 Å². The van der Waals surface area contributed by atoms with E-state index < -0.39 is 0 Å². The Balaban J connectivity index is 0.000000115. The SMILES string of the molecule is C[n+]1[c-]n(-c2[c-]cc3c4c5c(ccc24)C=CCC5=CC3)c2ccccc21.C[n+]1[c-]n(-c2[c-]cc3c4c5c(ccc24)C=CCC5=CC3)c2ccccc21.[Ir].c1ccc(-c2ccn[n-]2)nc1. The van der Waals surface area contributed by atoms with Gasteiger partial charge in [-0.25, -0.2) is 0 Å². The average Bonchev–Trinajstić information content (AvgIpc) is 4.09. The third kappa shape index (κ3) is 6.52. The topological polar surface area (TPSA) is 57.5 Å². The molecular weight excluding hydrogens is 963 g/mol. The molecule has 0 saturated heterocycles. The molecule has 7 nitrogen and oxygen atoms in total. The zero-order chi connectivity index (χ0) is 42.0. The van der Waals surface area contributed by atoms with Crippen molar-refractivity contribution >= 4 is 66.9 Å². The minimum absolute atomic E-state index is 0. The number of hydrogen-bond donors (Lipinski definition) is 0. The Labute approximate surface area is 385 Å². The Bertz CT molecular complexity index is 3380. The molecule has 0 fully saturated rings. The molecule has 0 atom stereocenters. The summed E-state index contributed by atoms with van der Waals surface area (Å²) in [5.41, 5.74) is 19.7. The van der Waals surface area contributed by atoms with Gasteiger partial charge in [-0.3, -0.25) is 4.98 Å². The number of aryl methyl sites for hydroxylation is 2. The van der Waals surface area contributed by atoms with Crippen molar-refractivity contribution in [3.05, 3.63) is 204 Å². The van der Waals surface area contributed by atoms with Crippen LogP contribution in [-0.4, -0.2) is 19.2 Å². The number of imidazole rings is 2. The molecule has 8 heteroatoms. The molecular formula is C56H40IrN7-3. The molecule has 0 N–H and O–H groups in total. The van der Waals surface area contributed by atoms with Gasteiger partial charge in [0.05, 0.1) is 36.2 Å². The standard InChI is InChI=1S/2C24H17N2.C8H6N3.Ir/c2*1-25-15-26(22-8-3-2-7-21(22)25)20-14-12-18-10-9-16-5-4-6-17-11-13-19(20)24(18)23(16)17;1-2-5-9-7(3-1)8-4-6-10-11-8;/h2*2-4,6-9,11-13H,5,10H2,1H3;1-6H;/q3*-1;. The molecule has 311 valence electrons.